The van der Waals surface area contributed by atoms with Gasteiger partial charge in [-0.2, -0.15) is 4.98 Å². The maximum atomic E-state index is 12.3. The second-order valence-corrected chi connectivity index (χ2v) is 6.01. The van der Waals surface area contributed by atoms with Crippen LogP contribution in [0, 0.1) is 6.92 Å². The van der Waals surface area contributed by atoms with E-state index in [1.807, 2.05) is 61.5 Å². The lowest BCUT2D eigenvalue weighted by Crippen LogP contribution is -2.24. The van der Waals surface area contributed by atoms with Crippen LogP contribution in [0.2, 0.25) is 0 Å². The number of carbonyl (C=O) groups is 1. The van der Waals surface area contributed by atoms with Crippen molar-refractivity contribution in [1.29, 1.82) is 0 Å². The Morgan fingerprint density at radius 1 is 1.08 bits per heavy atom. The number of rotatable bonds is 3. The summed E-state index contributed by atoms with van der Waals surface area (Å²) in [6.45, 7) is 2.59. The number of nitrogens with zero attached hydrogens (tertiary/aromatic N) is 3. The third kappa shape index (κ3) is 2.58. The summed E-state index contributed by atoms with van der Waals surface area (Å²) < 4.78 is 5.43. The number of hydrogen-bond donors (Lipinski definition) is 0. The summed E-state index contributed by atoms with van der Waals surface area (Å²) in [6, 6.07) is 17.6. The van der Waals surface area contributed by atoms with E-state index in [1.165, 1.54) is 0 Å². The molecule has 1 unspecified atom stereocenters. The molecule has 2 heterocycles. The predicted molar refractivity (Wildman–Crippen MR) is 90.6 cm³/mol. The number of aromatic nitrogens is 2. The molecule has 1 saturated heterocycles. The van der Waals surface area contributed by atoms with E-state index in [4.69, 9.17) is 4.52 Å². The van der Waals surface area contributed by atoms with E-state index in [-0.39, 0.29) is 11.8 Å². The van der Waals surface area contributed by atoms with E-state index < -0.39 is 0 Å². The van der Waals surface area contributed by atoms with E-state index in [2.05, 4.69) is 10.1 Å². The first-order valence-corrected chi connectivity index (χ1v) is 7.97. The summed E-state index contributed by atoms with van der Waals surface area (Å²) in [4.78, 5) is 18.6. The molecule has 5 heteroatoms. The van der Waals surface area contributed by atoms with Crippen molar-refractivity contribution in [3.63, 3.8) is 0 Å². The third-order valence-electron chi connectivity index (χ3n) is 4.38. The average Bonchev–Trinajstić information content (AvgIpc) is 3.23. The molecule has 4 rings (SSSR count). The Balaban J connectivity index is 1.58. The van der Waals surface area contributed by atoms with Gasteiger partial charge in [0.1, 0.15) is 0 Å². The smallest absolute Gasteiger partial charge is 0.258 e. The Bertz CT molecular complexity index is 873. The van der Waals surface area contributed by atoms with Crippen LogP contribution in [-0.4, -0.2) is 22.6 Å². The topological polar surface area (TPSA) is 59.2 Å². The van der Waals surface area contributed by atoms with Crippen molar-refractivity contribution in [2.45, 2.75) is 19.3 Å². The molecule has 24 heavy (non-hydrogen) atoms. The van der Waals surface area contributed by atoms with Gasteiger partial charge in [-0.25, -0.2) is 0 Å². The van der Waals surface area contributed by atoms with Crippen LogP contribution in [0.1, 0.15) is 23.7 Å². The first-order chi connectivity index (χ1) is 11.7. The Kier molecular flexibility index (Phi) is 3.61. The quantitative estimate of drug-likeness (QED) is 0.740. The number of hydrogen-bond acceptors (Lipinski definition) is 4. The summed E-state index contributed by atoms with van der Waals surface area (Å²) in [6.07, 6.45) is 0.404. The van der Waals surface area contributed by atoms with Gasteiger partial charge in [0.2, 0.25) is 5.91 Å². The zero-order valence-electron chi connectivity index (χ0n) is 13.3. The fourth-order valence-electron chi connectivity index (χ4n) is 3.06. The van der Waals surface area contributed by atoms with Crippen LogP contribution in [0.15, 0.2) is 59.1 Å². The third-order valence-corrected chi connectivity index (χ3v) is 4.38. The fraction of sp³-hybridized carbons (Fsp3) is 0.211. The highest BCUT2D eigenvalue weighted by Gasteiger charge is 2.34. The fourth-order valence-corrected chi connectivity index (χ4v) is 3.06. The largest absolute Gasteiger partial charge is 0.334 e. The van der Waals surface area contributed by atoms with E-state index in [0.29, 0.717) is 24.7 Å². The lowest BCUT2D eigenvalue weighted by molar-refractivity contribution is -0.117. The molecule has 0 spiro atoms. The number of carbonyl (C=O) groups excluding carboxylic acids is 1. The van der Waals surface area contributed by atoms with E-state index in [0.717, 1.165) is 16.8 Å². The molecule has 3 aromatic rings. The second-order valence-electron chi connectivity index (χ2n) is 6.01. The number of para-hydroxylation sites is 1. The lowest BCUT2D eigenvalue weighted by Gasteiger charge is -2.15. The first kappa shape index (κ1) is 14.6. The summed E-state index contributed by atoms with van der Waals surface area (Å²) in [7, 11) is 0. The Morgan fingerprint density at radius 3 is 2.62 bits per heavy atom. The highest BCUT2D eigenvalue weighted by Crippen LogP contribution is 2.31. The van der Waals surface area contributed by atoms with Crippen LogP contribution in [-0.2, 0) is 4.79 Å². The van der Waals surface area contributed by atoms with Gasteiger partial charge in [-0.3, -0.25) is 4.79 Å². The van der Waals surface area contributed by atoms with Crippen molar-refractivity contribution in [3.8, 4) is 11.5 Å². The summed E-state index contributed by atoms with van der Waals surface area (Å²) in [5, 5.41) is 4.11. The van der Waals surface area contributed by atoms with Crippen molar-refractivity contribution in [2.24, 2.45) is 0 Å². The second kappa shape index (κ2) is 5.92. The van der Waals surface area contributed by atoms with E-state index in [1.54, 1.807) is 4.90 Å². The molecule has 0 aliphatic carbocycles. The van der Waals surface area contributed by atoms with Gasteiger partial charge in [0.05, 0.1) is 0 Å². The normalized spacial score (nSPS) is 17.5. The molecule has 2 aromatic carbocycles. The molecular weight excluding hydrogens is 302 g/mol. The Labute approximate surface area is 139 Å². The lowest BCUT2D eigenvalue weighted by atomic mass is 10.1. The van der Waals surface area contributed by atoms with Gasteiger partial charge in [0.15, 0.2) is 5.82 Å². The molecule has 1 aromatic heterocycles. The monoisotopic (exact) mass is 319 g/mol. The van der Waals surface area contributed by atoms with Crippen LogP contribution in [0.3, 0.4) is 0 Å². The van der Waals surface area contributed by atoms with Gasteiger partial charge in [0, 0.05) is 30.1 Å². The zero-order valence-corrected chi connectivity index (χ0v) is 13.3. The SMILES string of the molecule is Cc1ccccc1-c1nc(C2CC(=O)N(c3ccccc3)C2)no1. The van der Waals surface area contributed by atoms with E-state index >= 15 is 0 Å². The molecule has 0 bridgehead atoms. The minimum Gasteiger partial charge on any atom is -0.334 e. The number of benzene rings is 2. The molecular formula is C19H17N3O2. The summed E-state index contributed by atoms with van der Waals surface area (Å²) >= 11 is 0. The van der Waals surface area contributed by atoms with Crippen LogP contribution >= 0.6 is 0 Å². The van der Waals surface area contributed by atoms with Gasteiger partial charge in [0.25, 0.3) is 5.89 Å². The van der Waals surface area contributed by atoms with Crippen LogP contribution in [0.5, 0.6) is 0 Å². The number of aryl methyl sites for hydroxylation is 1. The molecule has 0 radical (unpaired) electrons. The van der Waals surface area contributed by atoms with Crippen LogP contribution < -0.4 is 4.90 Å². The molecule has 5 nitrogen and oxygen atoms in total. The average molecular weight is 319 g/mol. The minimum atomic E-state index is -0.0424. The van der Waals surface area contributed by atoms with Gasteiger partial charge >= 0.3 is 0 Å². The van der Waals surface area contributed by atoms with Gasteiger partial charge in [-0.05, 0) is 30.7 Å². The number of amides is 1. The molecule has 1 atom stereocenters. The summed E-state index contributed by atoms with van der Waals surface area (Å²) in [5.41, 5.74) is 2.93. The van der Waals surface area contributed by atoms with Crippen molar-refractivity contribution >= 4 is 11.6 Å². The maximum Gasteiger partial charge on any atom is 0.258 e. The van der Waals surface area contributed by atoms with Crippen LogP contribution in [0.4, 0.5) is 5.69 Å². The summed E-state index contributed by atoms with van der Waals surface area (Å²) in [5.74, 6) is 1.15. The molecule has 0 N–H and O–H groups in total. The molecule has 120 valence electrons. The standard InChI is InChI=1S/C19H17N3O2/c1-13-7-5-6-10-16(13)19-20-18(21-24-19)14-11-17(23)22(12-14)15-8-3-2-4-9-15/h2-10,14H,11-12H2,1H3. The van der Waals surface area contributed by atoms with Crippen molar-refractivity contribution in [3.05, 3.63) is 66.0 Å². The maximum absolute atomic E-state index is 12.3. The Morgan fingerprint density at radius 2 is 1.83 bits per heavy atom. The van der Waals surface area contributed by atoms with Crippen molar-refractivity contribution in [1.82, 2.24) is 10.1 Å². The molecule has 1 aliphatic rings. The molecule has 1 amide bonds. The number of anilines is 1. The highest BCUT2D eigenvalue weighted by molar-refractivity contribution is 5.96. The van der Waals surface area contributed by atoms with Gasteiger partial charge in [-0.1, -0.05) is 41.6 Å². The zero-order chi connectivity index (χ0) is 16.5. The van der Waals surface area contributed by atoms with Crippen LogP contribution in [0.25, 0.3) is 11.5 Å². The van der Waals surface area contributed by atoms with Crippen molar-refractivity contribution in [2.75, 3.05) is 11.4 Å². The first-order valence-electron chi connectivity index (χ1n) is 7.97. The van der Waals surface area contributed by atoms with Gasteiger partial charge in [-0.15, -0.1) is 0 Å². The van der Waals surface area contributed by atoms with Crippen molar-refractivity contribution < 1.29 is 9.32 Å². The molecule has 1 fully saturated rings. The molecule has 0 saturated carbocycles. The molecule has 1 aliphatic heterocycles. The minimum absolute atomic E-state index is 0.0424. The van der Waals surface area contributed by atoms with Gasteiger partial charge < -0.3 is 9.42 Å². The Hall–Kier alpha value is -2.95. The predicted octanol–water partition coefficient (Wildman–Crippen LogP) is 3.57. The highest BCUT2D eigenvalue weighted by atomic mass is 16.5. The van der Waals surface area contributed by atoms with E-state index in [9.17, 15) is 4.79 Å².